The molecule has 2 aromatic carbocycles. The Morgan fingerprint density at radius 2 is 1.76 bits per heavy atom. The first-order chi connectivity index (χ1) is 12.1. The van der Waals surface area contributed by atoms with Gasteiger partial charge in [0.1, 0.15) is 5.82 Å². The van der Waals surface area contributed by atoms with Gasteiger partial charge in [0.25, 0.3) is 11.5 Å². The molecule has 0 atom stereocenters. The molecule has 5 nitrogen and oxygen atoms in total. The monoisotopic (exact) mass is 331 g/mol. The van der Waals surface area contributed by atoms with Gasteiger partial charge >= 0.3 is 0 Å². The number of amides is 1. The van der Waals surface area contributed by atoms with Crippen LogP contribution < -0.4 is 10.5 Å². The minimum Gasteiger partial charge on any atom is -0.308 e. The fraction of sp³-hybridized carbons (Fsp3) is 0.150. The summed E-state index contributed by atoms with van der Waals surface area (Å²) in [7, 11) is 1.68. The lowest BCUT2D eigenvalue weighted by Gasteiger charge is -2.13. The van der Waals surface area contributed by atoms with Crippen LogP contribution in [0.4, 0.5) is 5.69 Å². The maximum Gasteiger partial charge on any atom is 0.261 e. The van der Waals surface area contributed by atoms with Crippen molar-refractivity contribution in [3.05, 3.63) is 70.3 Å². The molecular formula is C20H17N3O2. The SMILES string of the molecule is CCN1C(=O)/C(=C\c2nc3ccccc3c(=O)n2C)c2ccccc21. The van der Waals surface area contributed by atoms with Crippen molar-refractivity contribution < 1.29 is 4.79 Å². The van der Waals surface area contributed by atoms with Gasteiger partial charge in [-0.05, 0) is 31.2 Å². The van der Waals surface area contributed by atoms with Gasteiger partial charge in [-0.15, -0.1) is 0 Å². The van der Waals surface area contributed by atoms with Gasteiger partial charge in [0, 0.05) is 19.2 Å². The van der Waals surface area contributed by atoms with E-state index in [1.807, 2.05) is 49.4 Å². The van der Waals surface area contributed by atoms with Gasteiger partial charge in [-0.25, -0.2) is 4.98 Å². The van der Waals surface area contributed by atoms with Crippen LogP contribution in [-0.4, -0.2) is 22.0 Å². The molecule has 0 radical (unpaired) electrons. The summed E-state index contributed by atoms with van der Waals surface area (Å²) in [5.41, 5.74) is 2.84. The van der Waals surface area contributed by atoms with Gasteiger partial charge in [-0.3, -0.25) is 14.2 Å². The lowest BCUT2D eigenvalue weighted by Crippen LogP contribution is -2.26. The molecule has 1 aliphatic heterocycles. The molecule has 25 heavy (non-hydrogen) atoms. The molecule has 0 saturated carbocycles. The van der Waals surface area contributed by atoms with Crippen molar-refractivity contribution in [2.24, 2.45) is 7.05 Å². The molecule has 4 rings (SSSR count). The fourth-order valence-corrected chi connectivity index (χ4v) is 3.25. The molecule has 0 bridgehead atoms. The molecule has 0 aliphatic carbocycles. The van der Waals surface area contributed by atoms with Crippen molar-refractivity contribution in [1.82, 2.24) is 9.55 Å². The average Bonchev–Trinajstić information content (AvgIpc) is 2.91. The summed E-state index contributed by atoms with van der Waals surface area (Å²) in [6.45, 7) is 2.54. The lowest BCUT2D eigenvalue weighted by atomic mass is 10.1. The molecule has 0 saturated heterocycles. The van der Waals surface area contributed by atoms with Crippen LogP contribution in [0.1, 0.15) is 18.3 Å². The van der Waals surface area contributed by atoms with Crippen LogP contribution in [0, 0.1) is 0 Å². The Morgan fingerprint density at radius 3 is 2.56 bits per heavy atom. The number of aromatic nitrogens is 2. The van der Waals surface area contributed by atoms with Gasteiger partial charge in [0.2, 0.25) is 0 Å². The first-order valence-corrected chi connectivity index (χ1v) is 8.20. The zero-order valence-corrected chi connectivity index (χ0v) is 14.1. The third-order valence-corrected chi connectivity index (χ3v) is 4.57. The quantitative estimate of drug-likeness (QED) is 0.679. The molecule has 0 N–H and O–H groups in total. The molecule has 0 fully saturated rings. The maximum atomic E-state index is 12.8. The Bertz CT molecular complexity index is 1100. The molecular weight excluding hydrogens is 314 g/mol. The Kier molecular flexibility index (Phi) is 3.50. The third kappa shape index (κ3) is 2.28. The first kappa shape index (κ1) is 15.3. The van der Waals surface area contributed by atoms with E-state index in [0.29, 0.717) is 28.8 Å². The predicted octanol–water partition coefficient (Wildman–Crippen LogP) is 2.84. The van der Waals surface area contributed by atoms with E-state index in [4.69, 9.17) is 0 Å². The fourth-order valence-electron chi connectivity index (χ4n) is 3.25. The predicted molar refractivity (Wildman–Crippen MR) is 99.3 cm³/mol. The summed E-state index contributed by atoms with van der Waals surface area (Å²) in [6, 6.07) is 14.9. The molecule has 0 spiro atoms. The third-order valence-electron chi connectivity index (χ3n) is 4.57. The standard InChI is InChI=1S/C20H17N3O2/c1-3-23-17-11-7-5-8-13(17)15(20(23)25)12-18-21-16-10-6-4-9-14(16)19(24)22(18)2/h4-12H,3H2,1-2H3/b15-12-. The minimum absolute atomic E-state index is 0.0638. The number of hydrogen-bond acceptors (Lipinski definition) is 3. The number of fused-ring (bicyclic) bond motifs is 2. The number of anilines is 1. The minimum atomic E-state index is -0.122. The van der Waals surface area contributed by atoms with E-state index >= 15 is 0 Å². The van der Waals surface area contributed by atoms with E-state index in [0.717, 1.165) is 11.3 Å². The number of benzene rings is 2. The van der Waals surface area contributed by atoms with E-state index in [1.54, 1.807) is 24.1 Å². The summed E-state index contributed by atoms with van der Waals surface area (Å²) < 4.78 is 1.49. The summed E-state index contributed by atoms with van der Waals surface area (Å²) in [6.07, 6.45) is 1.71. The average molecular weight is 331 g/mol. The number of carbonyl (C=O) groups excluding carboxylic acids is 1. The van der Waals surface area contributed by atoms with Gasteiger partial charge in [0.05, 0.1) is 22.2 Å². The number of hydrogen-bond donors (Lipinski definition) is 0. The van der Waals surface area contributed by atoms with Gasteiger partial charge in [-0.1, -0.05) is 30.3 Å². The Balaban J connectivity index is 1.95. The van der Waals surface area contributed by atoms with Gasteiger partial charge in [-0.2, -0.15) is 0 Å². The van der Waals surface area contributed by atoms with Crippen LogP contribution in [0.25, 0.3) is 22.6 Å². The molecule has 1 amide bonds. The Labute approximate surface area is 144 Å². The zero-order chi connectivity index (χ0) is 17.6. The van der Waals surface area contributed by atoms with E-state index in [2.05, 4.69) is 4.98 Å². The first-order valence-electron chi connectivity index (χ1n) is 8.20. The van der Waals surface area contributed by atoms with Crippen molar-refractivity contribution >= 4 is 34.1 Å². The molecule has 2 heterocycles. The Morgan fingerprint density at radius 1 is 1.04 bits per heavy atom. The van der Waals surface area contributed by atoms with Gasteiger partial charge < -0.3 is 4.90 Å². The number of nitrogens with zero attached hydrogens (tertiary/aromatic N) is 3. The zero-order valence-electron chi connectivity index (χ0n) is 14.1. The number of rotatable bonds is 2. The Hall–Kier alpha value is -3.21. The van der Waals surface area contributed by atoms with Crippen LogP contribution in [0.3, 0.4) is 0 Å². The maximum absolute atomic E-state index is 12.8. The molecule has 5 heteroatoms. The smallest absolute Gasteiger partial charge is 0.261 e. The van der Waals surface area contributed by atoms with Crippen LogP contribution in [-0.2, 0) is 11.8 Å². The highest BCUT2D eigenvalue weighted by molar-refractivity contribution is 6.35. The topological polar surface area (TPSA) is 55.2 Å². The summed E-state index contributed by atoms with van der Waals surface area (Å²) >= 11 is 0. The van der Waals surface area contributed by atoms with Crippen molar-refractivity contribution in [2.45, 2.75) is 6.92 Å². The van der Waals surface area contributed by atoms with E-state index in [-0.39, 0.29) is 11.5 Å². The lowest BCUT2D eigenvalue weighted by molar-refractivity contribution is -0.112. The summed E-state index contributed by atoms with van der Waals surface area (Å²) in [4.78, 5) is 31.7. The molecule has 3 aromatic rings. The van der Waals surface area contributed by atoms with Crippen molar-refractivity contribution in [2.75, 3.05) is 11.4 Å². The van der Waals surface area contributed by atoms with Crippen LogP contribution >= 0.6 is 0 Å². The number of carbonyl (C=O) groups is 1. The molecule has 124 valence electrons. The second kappa shape index (κ2) is 5.70. The van der Waals surface area contributed by atoms with E-state index < -0.39 is 0 Å². The number of para-hydroxylation sites is 2. The van der Waals surface area contributed by atoms with Crippen molar-refractivity contribution in [3.63, 3.8) is 0 Å². The highest BCUT2D eigenvalue weighted by Gasteiger charge is 2.31. The highest BCUT2D eigenvalue weighted by Crippen LogP contribution is 2.37. The van der Waals surface area contributed by atoms with Crippen LogP contribution in [0.15, 0.2) is 53.3 Å². The summed E-state index contributed by atoms with van der Waals surface area (Å²) in [5.74, 6) is 0.408. The van der Waals surface area contributed by atoms with E-state index in [9.17, 15) is 9.59 Å². The second-order valence-corrected chi connectivity index (χ2v) is 5.98. The molecule has 0 unspecified atom stereocenters. The van der Waals surface area contributed by atoms with E-state index in [1.165, 1.54) is 4.57 Å². The van der Waals surface area contributed by atoms with Crippen molar-refractivity contribution in [1.29, 1.82) is 0 Å². The van der Waals surface area contributed by atoms with Crippen LogP contribution in [0.2, 0.25) is 0 Å². The highest BCUT2D eigenvalue weighted by atomic mass is 16.2. The molecule has 1 aliphatic rings. The van der Waals surface area contributed by atoms with Crippen molar-refractivity contribution in [3.8, 4) is 0 Å². The second-order valence-electron chi connectivity index (χ2n) is 5.98. The number of likely N-dealkylation sites (N-methyl/N-ethyl adjacent to an activating group) is 1. The molecule has 1 aromatic heterocycles. The largest absolute Gasteiger partial charge is 0.308 e. The summed E-state index contributed by atoms with van der Waals surface area (Å²) in [5, 5.41) is 0.570. The normalized spacial score (nSPS) is 15.2. The van der Waals surface area contributed by atoms with Crippen LogP contribution in [0.5, 0.6) is 0 Å². The van der Waals surface area contributed by atoms with Gasteiger partial charge in [0.15, 0.2) is 0 Å².